The molecule has 1 fully saturated rings. The molecule has 0 heterocycles. The van der Waals surface area contributed by atoms with E-state index in [0.29, 0.717) is 17.5 Å². The van der Waals surface area contributed by atoms with Crippen LogP contribution in [0.1, 0.15) is 56.7 Å². The number of aromatic hydroxyl groups is 1. The third kappa shape index (κ3) is 3.32. The molecule has 0 bridgehead atoms. The van der Waals surface area contributed by atoms with Crippen LogP contribution in [0, 0.1) is 11.8 Å². The Hall–Kier alpha value is -3.21. The Balaban J connectivity index is 2.05. The number of hydrogen-bond donors (Lipinski definition) is 6. The first-order valence-corrected chi connectivity index (χ1v) is 12.2. The number of aliphatic hydroxyl groups is 4. The van der Waals surface area contributed by atoms with Gasteiger partial charge in [-0.25, -0.2) is 0 Å². The Morgan fingerprint density at radius 2 is 1.76 bits per heavy atom. The van der Waals surface area contributed by atoms with Gasteiger partial charge in [0.2, 0.25) is 5.78 Å². The molecule has 1 saturated carbocycles. The number of phenols is 1. The first-order chi connectivity index (χ1) is 17.0. The predicted molar refractivity (Wildman–Crippen MR) is 134 cm³/mol. The van der Waals surface area contributed by atoms with Crippen molar-refractivity contribution in [2.24, 2.45) is 17.6 Å². The monoisotopic (exact) mass is 514 g/mol. The number of aliphatic hydroxyl groups excluding tert-OH is 3. The second-order valence-corrected chi connectivity index (χ2v) is 11.2. The molecule has 1 amide bonds. The summed E-state index contributed by atoms with van der Waals surface area (Å²) in [4.78, 5) is 40.6. The number of hydrogen-bond acceptors (Lipinski definition) is 9. The fraction of sp³-hybridized carbons (Fsp3) is 0.519. The van der Waals surface area contributed by atoms with Crippen LogP contribution in [0.15, 0.2) is 29.0 Å². The molecule has 6 atom stereocenters. The number of benzene rings is 1. The smallest absolute Gasteiger partial charge is 0.255 e. The molecule has 0 aliphatic heterocycles. The van der Waals surface area contributed by atoms with Crippen molar-refractivity contribution < 1.29 is 39.9 Å². The highest BCUT2D eigenvalue weighted by Gasteiger charge is 2.68. The standard InChI is InChI=1S/C27H34N2O8/c1-7-26(3,4)12-9-8-11-10(2)13-15(20(31)14(11)19(12)30)23(34)27(37)17(21(13)32)18(29(5)6)22(33)16(24(27)35)25(28)36/h8-10,13,17-18,21,30-32,35,37H,7H2,1-6H3,(H2,28,36)/t10-,13+,17+,18?,21-,27-/m0/s1. The van der Waals surface area contributed by atoms with Crippen molar-refractivity contribution in [3.63, 3.8) is 0 Å². The molecule has 3 aliphatic rings. The van der Waals surface area contributed by atoms with Gasteiger partial charge in [0, 0.05) is 17.1 Å². The lowest BCUT2D eigenvalue weighted by Gasteiger charge is -2.53. The van der Waals surface area contributed by atoms with E-state index in [1.165, 1.54) is 19.0 Å². The van der Waals surface area contributed by atoms with Gasteiger partial charge in [0.1, 0.15) is 22.8 Å². The topological polar surface area (TPSA) is 182 Å². The van der Waals surface area contributed by atoms with Crippen molar-refractivity contribution in [3.8, 4) is 5.75 Å². The van der Waals surface area contributed by atoms with Gasteiger partial charge in [-0.05, 0) is 37.4 Å². The number of Topliss-reactive ketones (excluding diaryl/α,β-unsaturated/α-hetero) is 2. The van der Waals surface area contributed by atoms with Crippen LogP contribution in [0.25, 0.3) is 5.76 Å². The first kappa shape index (κ1) is 26.8. The highest BCUT2D eigenvalue weighted by Crippen LogP contribution is 2.56. The average Bonchev–Trinajstić information content (AvgIpc) is 2.80. The van der Waals surface area contributed by atoms with Crippen LogP contribution in [-0.2, 0) is 19.8 Å². The zero-order valence-corrected chi connectivity index (χ0v) is 21.7. The van der Waals surface area contributed by atoms with Gasteiger partial charge >= 0.3 is 0 Å². The molecule has 4 rings (SSSR count). The zero-order chi connectivity index (χ0) is 27.9. The van der Waals surface area contributed by atoms with Crippen LogP contribution in [0.3, 0.4) is 0 Å². The normalized spacial score (nSPS) is 31.9. The summed E-state index contributed by atoms with van der Waals surface area (Å²) in [7, 11) is 2.94. The number of fused-ring (bicyclic) bond motifs is 3. The van der Waals surface area contributed by atoms with Gasteiger partial charge in [-0.1, -0.05) is 39.8 Å². The van der Waals surface area contributed by atoms with Crippen LogP contribution in [0.2, 0.25) is 0 Å². The fourth-order valence-electron chi connectivity index (χ4n) is 6.35. The van der Waals surface area contributed by atoms with Crippen molar-refractivity contribution >= 4 is 23.2 Å². The molecule has 10 nitrogen and oxygen atoms in total. The average molecular weight is 515 g/mol. The number of nitrogens with zero attached hydrogens (tertiary/aromatic N) is 1. The predicted octanol–water partition coefficient (Wildman–Crippen LogP) is 1.18. The first-order valence-electron chi connectivity index (χ1n) is 12.2. The highest BCUT2D eigenvalue weighted by atomic mass is 16.4. The van der Waals surface area contributed by atoms with Crippen molar-refractivity contribution in [2.45, 2.75) is 63.2 Å². The number of likely N-dealkylation sites (N-methyl/N-ethyl adjacent to an activating group) is 1. The van der Waals surface area contributed by atoms with E-state index < -0.39 is 81.1 Å². The maximum absolute atomic E-state index is 14.0. The molecule has 7 N–H and O–H groups in total. The van der Waals surface area contributed by atoms with Crippen molar-refractivity contribution in [1.82, 2.24) is 4.90 Å². The van der Waals surface area contributed by atoms with E-state index in [9.17, 15) is 39.9 Å². The van der Waals surface area contributed by atoms with Crippen LogP contribution < -0.4 is 5.73 Å². The van der Waals surface area contributed by atoms with Gasteiger partial charge in [-0.15, -0.1) is 0 Å². The van der Waals surface area contributed by atoms with E-state index in [-0.39, 0.29) is 11.3 Å². The number of nitrogens with two attached hydrogens (primary N) is 1. The highest BCUT2D eigenvalue weighted by molar-refractivity contribution is 6.24. The maximum atomic E-state index is 14.0. The summed E-state index contributed by atoms with van der Waals surface area (Å²) >= 11 is 0. The molecule has 0 saturated heterocycles. The van der Waals surface area contributed by atoms with Crippen LogP contribution in [0.5, 0.6) is 5.75 Å². The number of ketones is 2. The number of primary amides is 1. The van der Waals surface area contributed by atoms with Gasteiger partial charge in [0.05, 0.1) is 23.6 Å². The molecule has 1 unspecified atom stereocenters. The summed E-state index contributed by atoms with van der Waals surface area (Å²) in [6.07, 6.45) is -0.938. The number of rotatable bonds is 4. The number of amides is 1. The summed E-state index contributed by atoms with van der Waals surface area (Å²) < 4.78 is 0. The molecule has 3 aliphatic carbocycles. The summed E-state index contributed by atoms with van der Waals surface area (Å²) in [6, 6.07) is 2.11. The van der Waals surface area contributed by atoms with E-state index in [0.717, 1.165) is 0 Å². The van der Waals surface area contributed by atoms with Gasteiger partial charge in [-0.3, -0.25) is 19.3 Å². The SMILES string of the molecule is CCC(C)(C)c1ccc2c(c1O)C(O)=C1C(=O)[C@]3(O)C(O)=C(C(N)=O)C(=O)C(N(C)C)[C@@H]3[C@@H](O)[C@@H]1[C@H]2C. The molecular weight excluding hydrogens is 480 g/mol. The van der Waals surface area contributed by atoms with Crippen molar-refractivity contribution in [1.29, 1.82) is 0 Å². The third-order valence-corrected chi connectivity index (χ3v) is 8.74. The van der Waals surface area contributed by atoms with Gasteiger partial charge in [-0.2, -0.15) is 0 Å². The molecule has 37 heavy (non-hydrogen) atoms. The number of phenolic OH excluding ortho intramolecular Hbond substituents is 1. The molecule has 1 aromatic carbocycles. The molecule has 0 spiro atoms. The van der Waals surface area contributed by atoms with Gasteiger partial charge in [0.25, 0.3) is 5.91 Å². The summed E-state index contributed by atoms with van der Waals surface area (Å²) in [5, 5.41) is 56.9. The summed E-state index contributed by atoms with van der Waals surface area (Å²) in [6.45, 7) is 7.50. The van der Waals surface area contributed by atoms with E-state index >= 15 is 0 Å². The minimum Gasteiger partial charge on any atom is -0.508 e. The number of carbonyl (C=O) groups is 3. The second-order valence-electron chi connectivity index (χ2n) is 11.2. The zero-order valence-electron chi connectivity index (χ0n) is 21.7. The Morgan fingerprint density at radius 3 is 2.27 bits per heavy atom. The van der Waals surface area contributed by atoms with Crippen LogP contribution in [-0.4, -0.2) is 79.7 Å². The van der Waals surface area contributed by atoms with Crippen LogP contribution in [0.4, 0.5) is 0 Å². The minimum atomic E-state index is -2.92. The Kier molecular flexibility index (Phi) is 6.10. The van der Waals surface area contributed by atoms with Gasteiger partial charge in [0.15, 0.2) is 11.4 Å². The molecule has 0 aromatic heterocycles. The minimum absolute atomic E-state index is 0.00927. The van der Waals surface area contributed by atoms with Crippen molar-refractivity contribution in [2.75, 3.05) is 14.1 Å². The lowest BCUT2D eigenvalue weighted by Crippen LogP contribution is -2.70. The van der Waals surface area contributed by atoms with E-state index in [4.69, 9.17) is 5.73 Å². The molecule has 1 aromatic rings. The quantitative estimate of drug-likeness (QED) is 0.321. The van der Waals surface area contributed by atoms with Gasteiger partial charge < -0.3 is 31.3 Å². The fourth-order valence-corrected chi connectivity index (χ4v) is 6.35. The summed E-state index contributed by atoms with van der Waals surface area (Å²) in [5.74, 6) is -8.81. The Bertz CT molecular complexity index is 1290. The van der Waals surface area contributed by atoms with E-state index in [1.54, 1.807) is 19.1 Å². The molecule has 0 radical (unpaired) electrons. The van der Waals surface area contributed by atoms with Crippen LogP contribution >= 0.6 is 0 Å². The lowest BCUT2D eigenvalue weighted by atomic mass is 9.54. The lowest BCUT2D eigenvalue weighted by molar-refractivity contribution is -0.169. The molecular formula is C27H34N2O8. The second kappa shape index (κ2) is 8.41. The largest absolute Gasteiger partial charge is 0.508 e. The van der Waals surface area contributed by atoms with E-state index in [2.05, 4.69) is 0 Å². The summed E-state index contributed by atoms with van der Waals surface area (Å²) in [5.41, 5.74) is 1.65. The third-order valence-electron chi connectivity index (χ3n) is 8.74. The Morgan fingerprint density at radius 1 is 1.16 bits per heavy atom. The number of carbonyl (C=O) groups excluding carboxylic acids is 3. The molecule has 200 valence electrons. The maximum Gasteiger partial charge on any atom is 0.255 e. The molecule has 10 heteroatoms. The van der Waals surface area contributed by atoms with Crippen molar-refractivity contribution in [3.05, 3.63) is 45.7 Å². The van der Waals surface area contributed by atoms with E-state index in [1.807, 2.05) is 20.8 Å². The Labute approximate surface area is 214 Å².